The predicted molar refractivity (Wildman–Crippen MR) is 95.0 cm³/mol. The van der Waals surface area contributed by atoms with Crippen LogP contribution in [0.2, 0.25) is 0 Å². The van der Waals surface area contributed by atoms with E-state index in [9.17, 15) is 0 Å². The standard InChI is InChI=1S/C18H28N2S/c1-4-5-9-12-18(2,3)14-19-17-20-16(13-21-17)15-10-7-6-8-11-15/h6-8,10-11,16H,4-5,9,12-14H2,1-3H3,(H,19,20). The Balaban J connectivity index is 1.83. The van der Waals surface area contributed by atoms with E-state index in [1.54, 1.807) is 0 Å². The molecule has 3 heteroatoms. The monoisotopic (exact) mass is 304 g/mol. The smallest absolute Gasteiger partial charge is 0.157 e. The van der Waals surface area contributed by atoms with E-state index < -0.39 is 0 Å². The fourth-order valence-electron chi connectivity index (χ4n) is 2.57. The molecule has 1 aliphatic rings. The maximum atomic E-state index is 4.82. The number of thioether (sulfide) groups is 1. The summed E-state index contributed by atoms with van der Waals surface area (Å²) in [5.41, 5.74) is 1.67. The van der Waals surface area contributed by atoms with Gasteiger partial charge in [-0.3, -0.25) is 4.99 Å². The molecule has 1 aromatic rings. The van der Waals surface area contributed by atoms with E-state index in [1.165, 1.54) is 31.2 Å². The quantitative estimate of drug-likeness (QED) is 0.715. The molecule has 1 aliphatic heterocycles. The molecule has 1 unspecified atom stereocenters. The predicted octanol–water partition coefficient (Wildman–Crippen LogP) is 5.03. The third-order valence-electron chi connectivity index (χ3n) is 3.99. The van der Waals surface area contributed by atoms with Gasteiger partial charge < -0.3 is 5.32 Å². The van der Waals surface area contributed by atoms with Crippen LogP contribution in [0.1, 0.15) is 58.1 Å². The Morgan fingerprint density at radius 2 is 2.00 bits per heavy atom. The molecule has 0 bridgehead atoms. The number of hydrogen-bond donors (Lipinski definition) is 1. The molecule has 0 saturated carbocycles. The second kappa shape index (κ2) is 7.88. The summed E-state index contributed by atoms with van der Waals surface area (Å²) < 4.78 is 0. The number of nitrogens with one attached hydrogen (secondary N) is 1. The van der Waals surface area contributed by atoms with E-state index in [0.29, 0.717) is 11.5 Å². The first-order valence-corrected chi connectivity index (χ1v) is 9.08. The second-order valence-electron chi connectivity index (χ2n) is 6.66. The Hall–Kier alpha value is -0.960. The summed E-state index contributed by atoms with van der Waals surface area (Å²) in [4.78, 5) is 4.82. The Morgan fingerprint density at radius 1 is 1.24 bits per heavy atom. The minimum Gasteiger partial charge on any atom is -0.357 e. The molecule has 1 atom stereocenters. The fourth-order valence-corrected chi connectivity index (χ4v) is 3.55. The van der Waals surface area contributed by atoms with Crippen molar-refractivity contribution in [2.45, 2.75) is 52.5 Å². The number of amidine groups is 1. The maximum Gasteiger partial charge on any atom is 0.157 e. The van der Waals surface area contributed by atoms with Gasteiger partial charge in [0.15, 0.2) is 5.17 Å². The average molecular weight is 305 g/mol. The van der Waals surface area contributed by atoms with Crippen LogP contribution in [0.15, 0.2) is 35.3 Å². The molecule has 21 heavy (non-hydrogen) atoms. The van der Waals surface area contributed by atoms with Crippen LogP contribution in [0.25, 0.3) is 0 Å². The van der Waals surface area contributed by atoms with Gasteiger partial charge in [-0.1, -0.05) is 82.1 Å². The number of benzene rings is 1. The van der Waals surface area contributed by atoms with E-state index in [-0.39, 0.29) is 0 Å². The van der Waals surface area contributed by atoms with Gasteiger partial charge in [0, 0.05) is 12.3 Å². The largest absolute Gasteiger partial charge is 0.357 e. The first kappa shape index (κ1) is 16.4. The van der Waals surface area contributed by atoms with Crippen LogP contribution in [-0.4, -0.2) is 17.5 Å². The fraction of sp³-hybridized carbons (Fsp3) is 0.611. The van der Waals surface area contributed by atoms with Crippen LogP contribution in [-0.2, 0) is 0 Å². The highest BCUT2D eigenvalue weighted by atomic mass is 32.2. The molecular weight excluding hydrogens is 276 g/mol. The van der Waals surface area contributed by atoms with Crippen LogP contribution < -0.4 is 5.32 Å². The van der Waals surface area contributed by atoms with Crippen LogP contribution in [0, 0.1) is 5.41 Å². The SMILES string of the molecule is CCCCCC(C)(C)CN=C1NC(c2ccccc2)CS1. The Labute approximate surface area is 133 Å². The van der Waals surface area contributed by atoms with Gasteiger partial charge in [0.2, 0.25) is 0 Å². The van der Waals surface area contributed by atoms with E-state index in [4.69, 9.17) is 4.99 Å². The number of nitrogens with zero attached hydrogens (tertiary/aromatic N) is 1. The van der Waals surface area contributed by atoms with E-state index >= 15 is 0 Å². The van der Waals surface area contributed by atoms with Gasteiger partial charge in [-0.25, -0.2) is 0 Å². The van der Waals surface area contributed by atoms with Crippen LogP contribution in [0.4, 0.5) is 0 Å². The van der Waals surface area contributed by atoms with Crippen molar-refractivity contribution >= 4 is 16.9 Å². The van der Waals surface area contributed by atoms with E-state index in [1.807, 2.05) is 11.8 Å². The zero-order chi connectivity index (χ0) is 15.1. The highest BCUT2D eigenvalue weighted by molar-refractivity contribution is 8.14. The summed E-state index contributed by atoms with van der Waals surface area (Å²) in [6.45, 7) is 7.85. The van der Waals surface area contributed by atoms with Crippen molar-refractivity contribution in [3.8, 4) is 0 Å². The molecule has 0 aliphatic carbocycles. The summed E-state index contributed by atoms with van der Waals surface area (Å²) in [6, 6.07) is 11.1. The molecule has 1 fully saturated rings. The van der Waals surface area contributed by atoms with Crippen molar-refractivity contribution in [1.29, 1.82) is 0 Å². The lowest BCUT2D eigenvalue weighted by atomic mass is 9.87. The summed E-state index contributed by atoms with van der Waals surface area (Å²) >= 11 is 1.85. The lowest BCUT2D eigenvalue weighted by Gasteiger charge is -2.22. The number of rotatable bonds is 7. The van der Waals surface area contributed by atoms with E-state index in [0.717, 1.165) is 17.5 Å². The van der Waals surface area contributed by atoms with Crippen LogP contribution in [0.5, 0.6) is 0 Å². The summed E-state index contributed by atoms with van der Waals surface area (Å²) in [6.07, 6.45) is 5.22. The first-order chi connectivity index (χ1) is 10.1. The lowest BCUT2D eigenvalue weighted by Crippen LogP contribution is -2.22. The van der Waals surface area contributed by atoms with Crippen LogP contribution >= 0.6 is 11.8 Å². The highest BCUT2D eigenvalue weighted by Crippen LogP contribution is 2.28. The molecule has 2 nitrogen and oxygen atoms in total. The summed E-state index contributed by atoms with van der Waals surface area (Å²) in [5, 5.41) is 4.68. The Kier molecular flexibility index (Phi) is 6.16. The normalized spacial score (nSPS) is 20.7. The van der Waals surface area contributed by atoms with Gasteiger partial charge in [0.1, 0.15) is 0 Å². The molecule has 0 amide bonds. The number of aliphatic imine (C=N–C) groups is 1. The first-order valence-electron chi connectivity index (χ1n) is 8.09. The minimum atomic E-state index is 0.315. The summed E-state index contributed by atoms with van der Waals surface area (Å²) in [7, 11) is 0. The van der Waals surface area contributed by atoms with Gasteiger partial charge in [-0.05, 0) is 17.4 Å². The zero-order valence-electron chi connectivity index (χ0n) is 13.6. The van der Waals surface area contributed by atoms with Gasteiger partial charge >= 0.3 is 0 Å². The van der Waals surface area contributed by atoms with Gasteiger partial charge in [0.05, 0.1) is 6.04 Å². The van der Waals surface area contributed by atoms with Gasteiger partial charge in [-0.15, -0.1) is 0 Å². The van der Waals surface area contributed by atoms with Crippen LogP contribution in [0.3, 0.4) is 0 Å². The van der Waals surface area contributed by atoms with Crippen molar-refractivity contribution in [2.24, 2.45) is 10.4 Å². The number of hydrogen-bond acceptors (Lipinski definition) is 2. The second-order valence-corrected chi connectivity index (χ2v) is 7.67. The molecular formula is C18H28N2S. The molecule has 1 aromatic carbocycles. The molecule has 0 radical (unpaired) electrons. The lowest BCUT2D eigenvalue weighted by molar-refractivity contribution is 0.333. The highest BCUT2D eigenvalue weighted by Gasteiger charge is 2.23. The van der Waals surface area contributed by atoms with Crippen molar-refractivity contribution in [3.63, 3.8) is 0 Å². The van der Waals surface area contributed by atoms with Gasteiger partial charge in [0.25, 0.3) is 0 Å². The minimum absolute atomic E-state index is 0.315. The zero-order valence-corrected chi connectivity index (χ0v) is 14.4. The third kappa shape index (κ3) is 5.39. The molecule has 1 saturated heterocycles. The maximum absolute atomic E-state index is 4.82. The van der Waals surface area contributed by atoms with Crippen molar-refractivity contribution in [2.75, 3.05) is 12.3 Å². The molecule has 0 spiro atoms. The average Bonchev–Trinajstić information content (AvgIpc) is 2.95. The number of unbranched alkanes of at least 4 members (excludes halogenated alkanes) is 2. The van der Waals surface area contributed by atoms with Gasteiger partial charge in [-0.2, -0.15) is 0 Å². The molecule has 1 N–H and O–H groups in total. The molecule has 0 aromatic heterocycles. The van der Waals surface area contributed by atoms with E-state index in [2.05, 4.69) is 56.4 Å². The Bertz CT molecular complexity index is 454. The third-order valence-corrected chi connectivity index (χ3v) is 5.01. The molecule has 116 valence electrons. The van der Waals surface area contributed by atoms with Crippen molar-refractivity contribution in [1.82, 2.24) is 5.32 Å². The molecule has 2 rings (SSSR count). The molecule has 1 heterocycles. The van der Waals surface area contributed by atoms with Crippen molar-refractivity contribution in [3.05, 3.63) is 35.9 Å². The Morgan fingerprint density at radius 3 is 2.71 bits per heavy atom. The summed E-state index contributed by atoms with van der Waals surface area (Å²) in [5.74, 6) is 1.08. The topological polar surface area (TPSA) is 24.4 Å². The van der Waals surface area contributed by atoms with Crippen molar-refractivity contribution < 1.29 is 0 Å².